The van der Waals surface area contributed by atoms with Gasteiger partial charge in [0.1, 0.15) is 5.82 Å². The Morgan fingerprint density at radius 1 is 1.20 bits per heavy atom. The molecule has 6 heteroatoms. The van der Waals surface area contributed by atoms with E-state index >= 15 is 0 Å². The molecule has 3 aromatic rings. The standard InChI is InChI=1S/C24H24ClFN4/c1-28-9-7-20(14-28)29-10-8-21(22(25)15-29)18-5-6-23-24(12-18)30(16-27-23)13-17-3-2-4-19(26)11-17/h2-6,8,11-12,15-16,20H,7,9-10,13-14H2,1H3. The number of rotatable bonds is 4. The summed E-state index contributed by atoms with van der Waals surface area (Å²) in [4.78, 5) is 9.21. The molecule has 1 aromatic heterocycles. The van der Waals surface area contributed by atoms with E-state index in [1.54, 1.807) is 12.1 Å². The Kier molecular flexibility index (Phi) is 5.09. The first kappa shape index (κ1) is 19.3. The van der Waals surface area contributed by atoms with E-state index in [0.29, 0.717) is 12.6 Å². The summed E-state index contributed by atoms with van der Waals surface area (Å²) in [6, 6.07) is 13.4. The van der Waals surface area contributed by atoms with Crippen LogP contribution in [0.3, 0.4) is 0 Å². The van der Waals surface area contributed by atoms with Gasteiger partial charge in [0.15, 0.2) is 0 Å². The molecule has 30 heavy (non-hydrogen) atoms. The second kappa shape index (κ2) is 7.89. The number of halogens is 2. The molecule has 2 aliphatic rings. The maximum atomic E-state index is 13.6. The van der Waals surface area contributed by atoms with Gasteiger partial charge >= 0.3 is 0 Å². The first-order valence-corrected chi connectivity index (χ1v) is 10.7. The van der Waals surface area contributed by atoms with Gasteiger partial charge in [-0.05, 0) is 61.0 Å². The highest BCUT2D eigenvalue weighted by Gasteiger charge is 2.26. The van der Waals surface area contributed by atoms with Crippen molar-refractivity contribution < 1.29 is 4.39 Å². The Bertz CT molecular complexity index is 1150. The van der Waals surface area contributed by atoms with Crippen LogP contribution in [0.25, 0.3) is 16.6 Å². The van der Waals surface area contributed by atoms with Gasteiger partial charge in [0.05, 0.1) is 22.4 Å². The Morgan fingerprint density at radius 2 is 2.10 bits per heavy atom. The number of hydrogen-bond donors (Lipinski definition) is 0. The van der Waals surface area contributed by atoms with E-state index in [1.807, 2.05) is 18.5 Å². The highest BCUT2D eigenvalue weighted by molar-refractivity contribution is 6.37. The molecule has 0 amide bonds. The van der Waals surface area contributed by atoms with Crippen LogP contribution in [-0.4, -0.2) is 52.1 Å². The normalized spacial score (nSPS) is 20.0. The zero-order valence-corrected chi connectivity index (χ0v) is 17.7. The summed E-state index contributed by atoms with van der Waals surface area (Å²) in [5, 5.41) is 0.770. The summed E-state index contributed by atoms with van der Waals surface area (Å²) < 4.78 is 15.6. The average Bonchev–Trinajstić information content (AvgIpc) is 3.34. The number of nitrogens with zero attached hydrogens (tertiary/aromatic N) is 4. The molecule has 1 fully saturated rings. The fraction of sp³-hybridized carbons (Fsp3) is 0.292. The second-order valence-corrected chi connectivity index (χ2v) is 8.61. The zero-order valence-electron chi connectivity index (χ0n) is 16.9. The molecular formula is C24H24ClFN4. The fourth-order valence-corrected chi connectivity index (χ4v) is 4.75. The maximum absolute atomic E-state index is 13.6. The number of imidazole rings is 1. The van der Waals surface area contributed by atoms with Crippen LogP contribution < -0.4 is 0 Å². The average molecular weight is 423 g/mol. The van der Waals surface area contributed by atoms with Crippen LogP contribution in [-0.2, 0) is 6.54 Å². The predicted octanol–water partition coefficient (Wildman–Crippen LogP) is 4.71. The molecule has 4 nitrogen and oxygen atoms in total. The molecule has 3 heterocycles. The van der Waals surface area contributed by atoms with Gasteiger partial charge in [-0.1, -0.05) is 35.9 Å². The van der Waals surface area contributed by atoms with Gasteiger partial charge in [-0.25, -0.2) is 9.37 Å². The molecule has 0 saturated carbocycles. The van der Waals surface area contributed by atoms with Crippen LogP contribution in [0.2, 0.25) is 0 Å². The molecule has 2 aliphatic heterocycles. The van der Waals surface area contributed by atoms with Crippen LogP contribution in [0, 0.1) is 5.82 Å². The van der Waals surface area contributed by atoms with Gasteiger partial charge in [0, 0.05) is 31.9 Å². The Balaban J connectivity index is 1.41. The number of likely N-dealkylation sites (tertiary alicyclic amines) is 1. The largest absolute Gasteiger partial charge is 0.368 e. The Hall–Kier alpha value is -2.63. The zero-order chi connectivity index (χ0) is 20.7. The smallest absolute Gasteiger partial charge is 0.123 e. The lowest BCUT2D eigenvalue weighted by atomic mass is 10.0. The molecule has 0 spiro atoms. The van der Waals surface area contributed by atoms with Gasteiger partial charge in [0.25, 0.3) is 0 Å². The first-order chi connectivity index (χ1) is 14.6. The topological polar surface area (TPSA) is 24.3 Å². The van der Waals surface area contributed by atoms with Crippen LogP contribution in [0.5, 0.6) is 0 Å². The minimum absolute atomic E-state index is 0.222. The van der Waals surface area contributed by atoms with Gasteiger partial charge in [-0.2, -0.15) is 0 Å². The third kappa shape index (κ3) is 3.75. The molecule has 1 atom stereocenters. The molecule has 1 unspecified atom stereocenters. The van der Waals surface area contributed by atoms with Crippen molar-refractivity contribution in [3.63, 3.8) is 0 Å². The number of hydrogen-bond acceptors (Lipinski definition) is 3. The third-order valence-electron chi connectivity index (χ3n) is 6.05. The van der Waals surface area contributed by atoms with E-state index in [0.717, 1.165) is 52.4 Å². The molecule has 154 valence electrons. The van der Waals surface area contributed by atoms with Crippen molar-refractivity contribution >= 4 is 28.2 Å². The van der Waals surface area contributed by atoms with Gasteiger partial charge in [0.2, 0.25) is 0 Å². The van der Waals surface area contributed by atoms with E-state index in [1.165, 1.54) is 12.5 Å². The third-order valence-corrected chi connectivity index (χ3v) is 6.35. The van der Waals surface area contributed by atoms with Crippen molar-refractivity contribution in [1.82, 2.24) is 19.4 Å². The summed E-state index contributed by atoms with van der Waals surface area (Å²) in [6.07, 6.45) is 7.29. The van der Waals surface area contributed by atoms with E-state index in [2.05, 4.69) is 50.8 Å². The lowest BCUT2D eigenvalue weighted by Crippen LogP contribution is -2.34. The summed E-state index contributed by atoms with van der Waals surface area (Å²) in [7, 11) is 2.17. The quantitative estimate of drug-likeness (QED) is 0.608. The van der Waals surface area contributed by atoms with Crippen LogP contribution in [0.4, 0.5) is 4.39 Å². The van der Waals surface area contributed by atoms with Gasteiger partial charge in [-0.3, -0.25) is 0 Å². The summed E-state index contributed by atoms with van der Waals surface area (Å²) >= 11 is 6.71. The highest BCUT2D eigenvalue weighted by Crippen LogP contribution is 2.32. The molecule has 5 rings (SSSR count). The SMILES string of the molecule is CN1CCC(N2C=C(Cl)C(c3ccc4ncn(Cc5cccc(F)c5)c4c3)=CC2)C1. The van der Waals surface area contributed by atoms with Crippen molar-refractivity contribution in [3.05, 3.63) is 83.0 Å². The molecule has 0 radical (unpaired) electrons. The van der Waals surface area contributed by atoms with Crippen LogP contribution in [0.15, 0.2) is 66.1 Å². The number of allylic oxidation sites excluding steroid dienone is 2. The van der Waals surface area contributed by atoms with Gasteiger partial charge in [-0.15, -0.1) is 0 Å². The number of fused-ring (bicyclic) bond motifs is 1. The summed E-state index contributed by atoms with van der Waals surface area (Å²) in [5.74, 6) is -0.222. The fourth-order valence-electron chi connectivity index (χ4n) is 4.44. The second-order valence-electron chi connectivity index (χ2n) is 8.20. The molecule has 0 aliphatic carbocycles. The number of aromatic nitrogens is 2. The van der Waals surface area contributed by atoms with E-state index < -0.39 is 0 Å². The minimum Gasteiger partial charge on any atom is -0.368 e. The molecule has 2 aromatic carbocycles. The first-order valence-electron chi connectivity index (χ1n) is 10.3. The van der Waals surface area contributed by atoms with Crippen molar-refractivity contribution in [2.45, 2.75) is 19.0 Å². The van der Waals surface area contributed by atoms with E-state index in [4.69, 9.17) is 11.6 Å². The van der Waals surface area contributed by atoms with E-state index in [-0.39, 0.29) is 5.82 Å². The Morgan fingerprint density at radius 3 is 2.87 bits per heavy atom. The molecular weight excluding hydrogens is 399 g/mol. The minimum atomic E-state index is -0.222. The van der Waals surface area contributed by atoms with Crippen molar-refractivity contribution in [2.75, 3.05) is 26.7 Å². The monoisotopic (exact) mass is 422 g/mol. The molecule has 0 N–H and O–H groups in total. The highest BCUT2D eigenvalue weighted by atomic mass is 35.5. The Labute approximate surface area is 180 Å². The van der Waals surface area contributed by atoms with Crippen molar-refractivity contribution in [2.24, 2.45) is 0 Å². The maximum Gasteiger partial charge on any atom is 0.123 e. The molecule has 1 saturated heterocycles. The lowest BCUT2D eigenvalue weighted by Gasteiger charge is -2.30. The predicted molar refractivity (Wildman–Crippen MR) is 120 cm³/mol. The lowest BCUT2D eigenvalue weighted by molar-refractivity contribution is 0.292. The summed E-state index contributed by atoms with van der Waals surface area (Å²) in [6.45, 7) is 3.65. The van der Waals surface area contributed by atoms with Crippen molar-refractivity contribution in [1.29, 1.82) is 0 Å². The molecule has 0 bridgehead atoms. The number of likely N-dealkylation sites (N-methyl/N-ethyl adjacent to an activating group) is 1. The summed E-state index contributed by atoms with van der Waals surface area (Å²) in [5.41, 5.74) is 4.98. The van der Waals surface area contributed by atoms with Crippen molar-refractivity contribution in [3.8, 4) is 0 Å². The van der Waals surface area contributed by atoms with E-state index in [9.17, 15) is 4.39 Å². The van der Waals surface area contributed by atoms with Crippen LogP contribution >= 0.6 is 11.6 Å². The van der Waals surface area contributed by atoms with Crippen LogP contribution in [0.1, 0.15) is 17.5 Å². The van der Waals surface area contributed by atoms with Gasteiger partial charge < -0.3 is 14.4 Å². The number of benzene rings is 2.